The highest BCUT2D eigenvalue weighted by Crippen LogP contribution is 2.35. The Morgan fingerprint density at radius 2 is 1.05 bits per heavy atom. The maximum absolute atomic E-state index is 11.2. The summed E-state index contributed by atoms with van der Waals surface area (Å²) in [6.07, 6.45) is 3.08. The third-order valence-corrected chi connectivity index (χ3v) is 6.25. The molecule has 0 aliphatic carbocycles. The molecule has 0 amide bonds. The molecule has 0 aliphatic rings. The summed E-state index contributed by atoms with van der Waals surface area (Å²) in [5.41, 5.74) is 8.24. The molecule has 0 heterocycles. The molecular weight excluding hydrogens is 454 g/mol. The minimum absolute atomic E-state index is 0.657. The van der Waals surface area contributed by atoms with Crippen molar-refractivity contribution in [2.24, 2.45) is 0 Å². The molecule has 0 saturated carbocycles. The molecule has 0 unspecified atom stereocenters. The van der Waals surface area contributed by atoms with Gasteiger partial charge in [0.05, 0.1) is 7.11 Å². The minimum atomic E-state index is 0.657. The fourth-order valence-corrected chi connectivity index (χ4v) is 4.33. The molecule has 3 heteroatoms. The fraction of sp³-hybridized carbons (Fsp3) is 0.0294. The maximum Gasteiger partial charge on any atom is 0.150 e. The van der Waals surface area contributed by atoms with Crippen molar-refractivity contribution in [1.29, 1.82) is 0 Å². The molecule has 0 spiro atoms. The topological polar surface area (TPSA) is 29.5 Å². The zero-order chi connectivity index (χ0) is 25.5. The van der Waals surface area contributed by atoms with Gasteiger partial charge in [-0.05, 0) is 89.0 Å². The van der Waals surface area contributed by atoms with Crippen LogP contribution in [0.5, 0.6) is 5.75 Å². The smallest absolute Gasteiger partial charge is 0.150 e. The lowest BCUT2D eigenvalue weighted by Gasteiger charge is -2.25. The summed E-state index contributed by atoms with van der Waals surface area (Å²) < 4.78 is 5.35. The monoisotopic (exact) mass is 481 g/mol. The van der Waals surface area contributed by atoms with Gasteiger partial charge < -0.3 is 9.64 Å². The van der Waals surface area contributed by atoms with Crippen LogP contribution in [0.3, 0.4) is 0 Å². The molecular formula is C34H27NO2. The number of aldehydes is 1. The van der Waals surface area contributed by atoms with Crippen LogP contribution in [0, 0.1) is 0 Å². The van der Waals surface area contributed by atoms with Crippen LogP contribution in [0.1, 0.15) is 27.0 Å². The van der Waals surface area contributed by atoms with Gasteiger partial charge in [-0.25, -0.2) is 0 Å². The van der Waals surface area contributed by atoms with Crippen molar-refractivity contribution < 1.29 is 9.53 Å². The molecule has 0 aromatic heterocycles. The van der Waals surface area contributed by atoms with Crippen LogP contribution in [0.4, 0.5) is 17.1 Å². The third kappa shape index (κ3) is 5.52. The first kappa shape index (κ1) is 23.8. The number of nitrogens with zero attached hydrogens (tertiary/aromatic N) is 1. The van der Waals surface area contributed by atoms with Gasteiger partial charge in [0.2, 0.25) is 0 Å². The second kappa shape index (κ2) is 11.2. The average Bonchev–Trinajstić information content (AvgIpc) is 2.98. The van der Waals surface area contributed by atoms with E-state index in [4.69, 9.17) is 4.74 Å². The lowest BCUT2D eigenvalue weighted by molar-refractivity contribution is 0.112. The van der Waals surface area contributed by atoms with Crippen LogP contribution in [0.25, 0.3) is 11.6 Å². The van der Waals surface area contributed by atoms with E-state index in [2.05, 4.69) is 83.8 Å². The summed E-state index contributed by atoms with van der Waals surface area (Å²) in [5, 5.41) is 0. The van der Waals surface area contributed by atoms with E-state index in [1.165, 1.54) is 0 Å². The van der Waals surface area contributed by atoms with Gasteiger partial charge in [-0.3, -0.25) is 4.79 Å². The summed E-state index contributed by atoms with van der Waals surface area (Å²) in [4.78, 5) is 13.3. The minimum Gasteiger partial charge on any atom is -0.497 e. The van der Waals surface area contributed by atoms with Gasteiger partial charge in [-0.2, -0.15) is 0 Å². The van der Waals surface area contributed by atoms with Crippen molar-refractivity contribution in [3.8, 4) is 5.75 Å². The Morgan fingerprint density at radius 3 is 1.59 bits per heavy atom. The van der Waals surface area contributed by atoms with Crippen LogP contribution in [0.2, 0.25) is 0 Å². The molecule has 37 heavy (non-hydrogen) atoms. The van der Waals surface area contributed by atoms with Gasteiger partial charge in [0.15, 0.2) is 0 Å². The molecule has 3 nitrogen and oxygen atoms in total. The lowest BCUT2D eigenvalue weighted by atomic mass is 9.95. The Bertz CT molecular complexity index is 1470. The van der Waals surface area contributed by atoms with Crippen molar-refractivity contribution in [3.63, 3.8) is 0 Å². The van der Waals surface area contributed by atoms with Gasteiger partial charge in [0, 0.05) is 22.6 Å². The SMILES string of the molecule is COc1ccc(C(=Cc2ccc(N(c3ccccc3)c3ccc(C=O)cc3)cc2)c2ccccc2)cc1. The van der Waals surface area contributed by atoms with Crippen molar-refractivity contribution >= 4 is 35.0 Å². The Morgan fingerprint density at radius 1 is 0.568 bits per heavy atom. The summed E-state index contributed by atoms with van der Waals surface area (Å²) in [6, 6.07) is 45.0. The largest absolute Gasteiger partial charge is 0.497 e. The van der Waals surface area contributed by atoms with E-state index in [-0.39, 0.29) is 0 Å². The highest BCUT2D eigenvalue weighted by atomic mass is 16.5. The van der Waals surface area contributed by atoms with Crippen LogP contribution >= 0.6 is 0 Å². The molecule has 5 aromatic rings. The van der Waals surface area contributed by atoms with Gasteiger partial charge in [-0.1, -0.05) is 72.8 Å². The Balaban J connectivity index is 1.53. The van der Waals surface area contributed by atoms with Crippen molar-refractivity contribution in [2.75, 3.05) is 12.0 Å². The highest BCUT2D eigenvalue weighted by Gasteiger charge is 2.12. The van der Waals surface area contributed by atoms with Crippen LogP contribution in [0.15, 0.2) is 133 Å². The van der Waals surface area contributed by atoms with Gasteiger partial charge >= 0.3 is 0 Å². The lowest BCUT2D eigenvalue weighted by Crippen LogP contribution is -2.09. The molecule has 0 radical (unpaired) electrons. The van der Waals surface area contributed by atoms with Crippen LogP contribution in [-0.2, 0) is 0 Å². The molecule has 0 bridgehead atoms. The van der Waals surface area contributed by atoms with Crippen molar-refractivity contribution in [1.82, 2.24) is 0 Å². The third-order valence-electron chi connectivity index (χ3n) is 6.25. The average molecular weight is 482 g/mol. The number of rotatable bonds is 8. The second-order valence-electron chi connectivity index (χ2n) is 8.62. The second-order valence-corrected chi connectivity index (χ2v) is 8.62. The first-order chi connectivity index (χ1) is 18.2. The molecule has 5 rings (SSSR count). The number of para-hydroxylation sites is 1. The number of anilines is 3. The molecule has 0 atom stereocenters. The first-order valence-electron chi connectivity index (χ1n) is 12.2. The molecule has 5 aromatic carbocycles. The Labute approximate surface area is 217 Å². The number of hydrogen-bond acceptors (Lipinski definition) is 3. The molecule has 180 valence electrons. The van der Waals surface area contributed by atoms with E-state index in [1.54, 1.807) is 7.11 Å². The van der Waals surface area contributed by atoms with Gasteiger partial charge in [-0.15, -0.1) is 0 Å². The molecule has 0 N–H and O–H groups in total. The van der Waals surface area contributed by atoms with Gasteiger partial charge in [0.25, 0.3) is 0 Å². The number of carbonyl (C=O) groups is 1. The summed E-state index contributed by atoms with van der Waals surface area (Å²) in [5.74, 6) is 0.836. The Hall–Kier alpha value is -4.89. The number of benzene rings is 5. The standard InChI is InChI=1S/C34H27NO2/c1-37-33-22-16-29(17-23-33)34(28-8-4-2-5-9-28)24-26-12-18-31(19-13-26)35(30-10-6-3-7-11-30)32-20-14-27(25-36)15-21-32/h2-25H,1H3. The van der Waals surface area contributed by atoms with E-state index in [0.717, 1.165) is 51.4 Å². The molecule has 0 fully saturated rings. The summed E-state index contributed by atoms with van der Waals surface area (Å²) in [7, 11) is 1.68. The van der Waals surface area contributed by atoms with E-state index in [0.29, 0.717) is 5.56 Å². The predicted octanol–water partition coefficient (Wildman–Crippen LogP) is 8.57. The molecule has 0 saturated heterocycles. The van der Waals surface area contributed by atoms with Crippen LogP contribution < -0.4 is 9.64 Å². The van der Waals surface area contributed by atoms with E-state index in [9.17, 15) is 4.79 Å². The summed E-state index contributed by atoms with van der Waals surface area (Å²) in [6.45, 7) is 0. The summed E-state index contributed by atoms with van der Waals surface area (Å²) >= 11 is 0. The first-order valence-corrected chi connectivity index (χ1v) is 12.2. The number of hydrogen-bond donors (Lipinski definition) is 0. The highest BCUT2D eigenvalue weighted by molar-refractivity contribution is 5.92. The zero-order valence-corrected chi connectivity index (χ0v) is 20.6. The van der Waals surface area contributed by atoms with E-state index >= 15 is 0 Å². The van der Waals surface area contributed by atoms with Crippen LogP contribution in [-0.4, -0.2) is 13.4 Å². The fourth-order valence-electron chi connectivity index (χ4n) is 4.33. The molecule has 0 aliphatic heterocycles. The van der Waals surface area contributed by atoms with Gasteiger partial charge in [0.1, 0.15) is 12.0 Å². The number of ether oxygens (including phenoxy) is 1. The zero-order valence-electron chi connectivity index (χ0n) is 20.6. The normalized spacial score (nSPS) is 11.1. The number of carbonyl (C=O) groups excluding carboxylic acids is 1. The quantitative estimate of drug-likeness (QED) is 0.164. The maximum atomic E-state index is 11.2. The van der Waals surface area contributed by atoms with Crippen molar-refractivity contribution in [2.45, 2.75) is 0 Å². The predicted molar refractivity (Wildman–Crippen MR) is 153 cm³/mol. The van der Waals surface area contributed by atoms with Crippen molar-refractivity contribution in [3.05, 3.63) is 156 Å². The van der Waals surface area contributed by atoms with E-state index < -0.39 is 0 Å². The van der Waals surface area contributed by atoms with E-state index in [1.807, 2.05) is 60.7 Å². The Kier molecular flexibility index (Phi) is 7.24. The number of methoxy groups -OCH3 is 1.